The topological polar surface area (TPSA) is 38.7 Å². The molecule has 0 aromatic carbocycles. The third-order valence-electron chi connectivity index (χ3n) is 3.24. The molecule has 0 aliphatic carbocycles. The van der Waals surface area contributed by atoms with E-state index in [4.69, 9.17) is 14.6 Å². The maximum Gasteiger partial charge on any atom is 0.163 e. The van der Waals surface area contributed by atoms with Crippen LogP contribution in [0.3, 0.4) is 0 Å². The summed E-state index contributed by atoms with van der Waals surface area (Å²) in [4.78, 5) is 0. The van der Waals surface area contributed by atoms with Crippen molar-refractivity contribution in [2.45, 2.75) is 83.7 Å². The molecule has 0 bridgehead atoms. The third kappa shape index (κ3) is 5.84. The lowest BCUT2D eigenvalue weighted by Crippen LogP contribution is -2.44. The van der Waals surface area contributed by atoms with Gasteiger partial charge in [0.05, 0.1) is 12.2 Å². The van der Waals surface area contributed by atoms with Crippen LogP contribution in [0.25, 0.3) is 0 Å². The Morgan fingerprint density at radius 1 is 1.06 bits per heavy atom. The molecule has 0 spiro atoms. The lowest BCUT2D eigenvalue weighted by molar-refractivity contribution is -0.301. The van der Waals surface area contributed by atoms with Gasteiger partial charge in [0.25, 0.3) is 0 Å². The predicted molar refractivity (Wildman–Crippen MR) is 68.9 cm³/mol. The van der Waals surface area contributed by atoms with Crippen LogP contribution in [-0.4, -0.2) is 29.7 Å². The van der Waals surface area contributed by atoms with E-state index in [2.05, 4.69) is 6.92 Å². The van der Waals surface area contributed by atoms with Crippen molar-refractivity contribution in [3.63, 3.8) is 0 Å². The number of rotatable bonds is 7. The Bertz CT molecular complexity index is 204. The number of hydrogen-bond acceptors (Lipinski definition) is 3. The van der Waals surface area contributed by atoms with Crippen LogP contribution >= 0.6 is 0 Å². The first-order valence-corrected chi connectivity index (χ1v) is 7.04. The Morgan fingerprint density at radius 2 is 1.65 bits per heavy atom. The molecule has 1 heterocycles. The minimum atomic E-state index is -0.463. The van der Waals surface area contributed by atoms with Crippen molar-refractivity contribution in [1.82, 2.24) is 0 Å². The van der Waals surface area contributed by atoms with Crippen molar-refractivity contribution in [1.29, 1.82) is 0 Å². The fourth-order valence-electron chi connectivity index (χ4n) is 2.51. The van der Waals surface area contributed by atoms with E-state index in [1.165, 1.54) is 19.3 Å². The molecule has 1 fully saturated rings. The molecule has 3 nitrogen and oxygen atoms in total. The van der Waals surface area contributed by atoms with Gasteiger partial charge in [-0.1, -0.05) is 26.2 Å². The molecule has 1 N–H and O–H groups in total. The molecule has 0 aromatic rings. The van der Waals surface area contributed by atoms with Gasteiger partial charge >= 0.3 is 0 Å². The van der Waals surface area contributed by atoms with E-state index in [-0.39, 0.29) is 12.7 Å². The first-order chi connectivity index (χ1) is 8.07. The lowest BCUT2D eigenvalue weighted by Gasteiger charge is -2.41. The van der Waals surface area contributed by atoms with Crippen molar-refractivity contribution in [3.05, 3.63) is 0 Å². The summed E-state index contributed by atoms with van der Waals surface area (Å²) in [6, 6.07) is 0. The smallest absolute Gasteiger partial charge is 0.163 e. The van der Waals surface area contributed by atoms with Crippen molar-refractivity contribution in [2.75, 3.05) is 6.61 Å². The zero-order valence-corrected chi connectivity index (χ0v) is 11.6. The number of unbranched alkanes of at least 4 members (excludes halogenated alkanes) is 2. The van der Waals surface area contributed by atoms with Crippen LogP contribution in [0.4, 0.5) is 0 Å². The summed E-state index contributed by atoms with van der Waals surface area (Å²) >= 11 is 0. The van der Waals surface area contributed by atoms with Gasteiger partial charge in [0.15, 0.2) is 5.79 Å². The average molecular weight is 244 g/mol. The van der Waals surface area contributed by atoms with E-state index in [1.807, 2.05) is 13.8 Å². The molecule has 0 amide bonds. The zero-order chi connectivity index (χ0) is 12.7. The van der Waals surface area contributed by atoms with E-state index < -0.39 is 5.79 Å². The largest absolute Gasteiger partial charge is 0.396 e. The first-order valence-electron chi connectivity index (χ1n) is 7.04. The molecular weight excluding hydrogens is 216 g/mol. The number of hydrogen-bond donors (Lipinski definition) is 1. The molecule has 1 saturated heterocycles. The zero-order valence-electron chi connectivity index (χ0n) is 11.6. The van der Waals surface area contributed by atoms with Gasteiger partial charge in [-0.3, -0.25) is 0 Å². The minimum Gasteiger partial charge on any atom is -0.396 e. The summed E-state index contributed by atoms with van der Waals surface area (Å²) in [6.45, 7) is 6.45. The number of ether oxygens (including phenoxy) is 2. The maximum absolute atomic E-state index is 8.88. The molecule has 0 unspecified atom stereocenters. The molecule has 1 aliphatic heterocycles. The van der Waals surface area contributed by atoms with E-state index in [9.17, 15) is 0 Å². The van der Waals surface area contributed by atoms with Crippen LogP contribution in [0, 0.1) is 0 Å². The quantitative estimate of drug-likeness (QED) is 0.699. The molecule has 17 heavy (non-hydrogen) atoms. The van der Waals surface area contributed by atoms with E-state index >= 15 is 0 Å². The van der Waals surface area contributed by atoms with Crippen LogP contribution in [-0.2, 0) is 9.47 Å². The van der Waals surface area contributed by atoms with Gasteiger partial charge < -0.3 is 14.6 Å². The maximum atomic E-state index is 8.88. The highest BCUT2D eigenvalue weighted by Crippen LogP contribution is 2.31. The van der Waals surface area contributed by atoms with Gasteiger partial charge in [-0.2, -0.15) is 0 Å². The van der Waals surface area contributed by atoms with Crippen molar-refractivity contribution >= 4 is 0 Å². The third-order valence-corrected chi connectivity index (χ3v) is 3.24. The summed E-state index contributed by atoms with van der Waals surface area (Å²) in [5.74, 6) is -0.463. The highest BCUT2D eigenvalue weighted by Gasteiger charge is 2.34. The first kappa shape index (κ1) is 14.9. The highest BCUT2D eigenvalue weighted by molar-refractivity contribution is 4.76. The molecule has 1 rings (SSSR count). The normalized spacial score (nSPS) is 28.2. The van der Waals surface area contributed by atoms with Gasteiger partial charge in [0.1, 0.15) is 0 Å². The standard InChI is InChI=1S/C14H28O3/c1-4-5-6-8-12-11-13(9-7-10-15)17-14(2,3)16-12/h12-13,15H,4-11H2,1-3H3/t12-,13-/m0/s1. The Labute approximate surface area is 105 Å². The average Bonchev–Trinajstić information content (AvgIpc) is 2.25. The van der Waals surface area contributed by atoms with Crippen molar-refractivity contribution in [3.8, 4) is 0 Å². The Morgan fingerprint density at radius 3 is 2.18 bits per heavy atom. The molecule has 0 aromatic heterocycles. The van der Waals surface area contributed by atoms with Crippen LogP contribution < -0.4 is 0 Å². The number of aliphatic hydroxyl groups is 1. The predicted octanol–water partition coefficient (Wildman–Crippen LogP) is 3.25. The number of aliphatic hydroxyl groups excluding tert-OH is 1. The van der Waals surface area contributed by atoms with Crippen LogP contribution in [0.2, 0.25) is 0 Å². The van der Waals surface area contributed by atoms with Gasteiger partial charge in [-0.25, -0.2) is 0 Å². The summed E-state index contributed by atoms with van der Waals surface area (Å²) in [5, 5.41) is 8.88. The van der Waals surface area contributed by atoms with Crippen molar-refractivity contribution in [2.24, 2.45) is 0 Å². The molecule has 1 aliphatic rings. The molecule has 0 saturated carbocycles. The van der Waals surface area contributed by atoms with E-state index in [0.717, 1.165) is 25.7 Å². The minimum absolute atomic E-state index is 0.248. The summed E-state index contributed by atoms with van der Waals surface area (Å²) in [6.07, 6.45) is 8.22. The fourth-order valence-corrected chi connectivity index (χ4v) is 2.51. The summed E-state index contributed by atoms with van der Waals surface area (Å²) in [5.41, 5.74) is 0. The van der Waals surface area contributed by atoms with E-state index in [0.29, 0.717) is 6.10 Å². The fraction of sp³-hybridized carbons (Fsp3) is 1.00. The van der Waals surface area contributed by atoms with Crippen LogP contribution in [0.1, 0.15) is 65.7 Å². The monoisotopic (exact) mass is 244 g/mol. The Balaban J connectivity index is 2.37. The van der Waals surface area contributed by atoms with Gasteiger partial charge in [0.2, 0.25) is 0 Å². The second kappa shape index (κ2) is 7.34. The molecule has 3 heteroatoms. The SMILES string of the molecule is CCCCC[C@H]1C[C@H](CCCO)OC(C)(C)O1. The molecule has 2 atom stereocenters. The Hall–Kier alpha value is -0.120. The molecular formula is C14H28O3. The summed E-state index contributed by atoms with van der Waals surface area (Å²) in [7, 11) is 0. The van der Waals surface area contributed by atoms with Gasteiger partial charge in [-0.15, -0.1) is 0 Å². The highest BCUT2D eigenvalue weighted by atomic mass is 16.7. The summed E-state index contributed by atoms with van der Waals surface area (Å²) < 4.78 is 11.8. The lowest BCUT2D eigenvalue weighted by atomic mass is 10.00. The molecule has 102 valence electrons. The van der Waals surface area contributed by atoms with Gasteiger partial charge in [-0.05, 0) is 33.1 Å². The second-order valence-electron chi connectivity index (χ2n) is 5.48. The van der Waals surface area contributed by atoms with Crippen LogP contribution in [0.5, 0.6) is 0 Å². The molecule has 0 radical (unpaired) electrons. The van der Waals surface area contributed by atoms with Crippen molar-refractivity contribution < 1.29 is 14.6 Å². The Kier molecular flexibility index (Phi) is 6.45. The van der Waals surface area contributed by atoms with Crippen LogP contribution in [0.15, 0.2) is 0 Å². The van der Waals surface area contributed by atoms with Gasteiger partial charge in [0, 0.05) is 13.0 Å². The second-order valence-corrected chi connectivity index (χ2v) is 5.48. The van der Waals surface area contributed by atoms with E-state index in [1.54, 1.807) is 0 Å².